The summed E-state index contributed by atoms with van der Waals surface area (Å²) in [5.41, 5.74) is 2.50. The molecule has 1 N–H and O–H groups in total. The van der Waals surface area contributed by atoms with E-state index in [1.165, 1.54) is 11.3 Å². The molecule has 1 atom stereocenters. The zero-order chi connectivity index (χ0) is 23.1. The lowest BCUT2D eigenvalue weighted by molar-refractivity contribution is -0.125. The monoisotopic (exact) mass is 483 g/mol. The highest BCUT2D eigenvalue weighted by Gasteiger charge is 2.32. The molecule has 3 aromatic rings. The SMILES string of the molecule is Cc1cc(N2C[C@H](NC(=O)c3cc4cc(Cl)ccc4s3)CC2=O)ccc1N1CCOCC1=O. The topological polar surface area (TPSA) is 79.0 Å². The normalized spacial score (nSPS) is 18.9. The number of carbonyl (C=O) groups excluding carboxylic acids is 3. The van der Waals surface area contributed by atoms with Crippen molar-refractivity contribution in [3.8, 4) is 0 Å². The summed E-state index contributed by atoms with van der Waals surface area (Å²) >= 11 is 7.45. The molecule has 2 fully saturated rings. The zero-order valence-corrected chi connectivity index (χ0v) is 19.5. The van der Waals surface area contributed by atoms with E-state index in [-0.39, 0.29) is 36.8 Å². The first-order valence-electron chi connectivity index (χ1n) is 10.7. The molecule has 7 nitrogen and oxygen atoms in total. The van der Waals surface area contributed by atoms with Gasteiger partial charge in [0.2, 0.25) is 5.91 Å². The average molecular weight is 484 g/mol. The van der Waals surface area contributed by atoms with Gasteiger partial charge in [0.1, 0.15) is 6.61 Å². The van der Waals surface area contributed by atoms with Gasteiger partial charge in [0.15, 0.2) is 0 Å². The van der Waals surface area contributed by atoms with Crippen molar-refractivity contribution in [1.82, 2.24) is 5.32 Å². The minimum absolute atomic E-state index is 0.0435. The molecule has 0 bridgehead atoms. The predicted molar refractivity (Wildman–Crippen MR) is 129 cm³/mol. The van der Waals surface area contributed by atoms with Crippen LogP contribution in [-0.2, 0) is 14.3 Å². The van der Waals surface area contributed by atoms with Crippen molar-refractivity contribution in [2.24, 2.45) is 0 Å². The fourth-order valence-corrected chi connectivity index (χ4v) is 5.45. The second-order valence-corrected chi connectivity index (χ2v) is 9.76. The molecule has 3 amide bonds. The van der Waals surface area contributed by atoms with Gasteiger partial charge in [0.05, 0.1) is 17.5 Å². The Bertz CT molecular complexity index is 1270. The van der Waals surface area contributed by atoms with Crippen molar-refractivity contribution in [3.05, 3.63) is 57.9 Å². The molecule has 9 heteroatoms. The Labute approximate surface area is 199 Å². The molecule has 0 aliphatic carbocycles. The first-order chi connectivity index (χ1) is 15.9. The summed E-state index contributed by atoms with van der Waals surface area (Å²) in [6.07, 6.45) is 0.241. The fourth-order valence-electron chi connectivity index (χ4n) is 4.32. The number of fused-ring (bicyclic) bond motifs is 1. The summed E-state index contributed by atoms with van der Waals surface area (Å²) in [6.45, 7) is 3.43. The van der Waals surface area contributed by atoms with Gasteiger partial charge in [-0.15, -0.1) is 11.3 Å². The first kappa shape index (κ1) is 21.9. The van der Waals surface area contributed by atoms with E-state index < -0.39 is 0 Å². The van der Waals surface area contributed by atoms with Crippen LogP contribution in [0.4, 0.5) is 11.4 Å². The molecule has 0 unspecified atom stereocenters. The summed E-state index contributed by atoms with van der Waals surface area (Å²) < 4.78 is 6.20. The van der Waals surface area contributed by atoms with Crippen molar-refractivity contribution >= 4 is 62.1 Å². The third-order valence-electron chi connectivity index (χ3n) is 5.93. The van der Waals surface area contributed by atoms with Crippen LogP contribution in [-0.4, -0.2) is 50.1 Å². The lowest BCUT2D eigenvalue weighted by Gasteiger charge is -2.29. The van der Waals surface area contributed by atoms with E-state index in [4.69, 9.17) is 16.3 Å². The number of benzene rings is 2. The molecule has 2 saturated heterocycles. The maximum Gasteiger partial charge on any atom is 0.261 e. The highest BCUT2D eigenvalue weighted by Crippen LogP contribution is 2.30. The number of ether oxygens (including phenoxy) is 1. The Kier molecular flexibility index (Phi) is 5.82. The minimum Gasteiger partial charge on any atom is -0.370 e. The van der Waals surface area contributed by atoms with Gasteiger partial charge in [-0.2, -0.15) is 0 Å². The number of hydrogen-bond acceptors (Lipinski definition) is 5. The number of aryl methyl sites for hydroxylation is 1. The Morgan fingerprint density at radius 3 is 2.76 bits per heavy atom. The minimum atomic E-state index is -0.278. The van der Waals surface area contributed by atoms with Crippen molar-refractivity contribution in [3.63, 3.8) is 0 Å². The number of anilines is 2. The zero-order valence-electron chi connectivity index (χ0n) is 18.0. The average Bonchev–Trinajstić information content (AvgIpc) is 3.37. The molecule has 2 aliphatic rings. The molecular weight excluding hydrogens is 462 g/mol. The van der Waals surface area contributed by atoms with E-state index in [0.29, 0.717) is 29.6 Å². The van der Waals surface area contributed by atoms with E-state index in [9.17, 15) is 14.4 Å². The Morgan fingerprint density at radius 1 is 1.12 bits per heavy atom. The van der Waals surface area contributed by atoms with E-state index in [2.05, 4.69) is 5.32 Å². The van der Waals surface area contributed by atoms with Gasteiger partial charge in [-0.25, -0.2) is 0 Å². The number of carbonyl (C=O) groups is 3. The molecule has 2 aliphatic heterocycles. The number of hydrogen-bond donors (Lipinski definition) is 1. The van der Waals surface area contributed by atoms with Crippen LogP contribution in [0.25, 0.3) is 10.1 Å². The number of halogens is 1. The van der Waals surface area contributed by atoms with Crippen molar-refractivity contribution in [2.45, 2.75) is 19.4 Å². The lowest BCUT2D eigenvalue weighted by Crippen LogP contribution is -2.42. The number of amides is 3. The number of nitrogens with zero attached hydrogens (tertiary/aromatic N) is 2. The molecule has 2 aromatic carbocycles. The fraction of sp³-hybridized carbons (Fsp3) is 0.292. The molecule has 3 heterocycles. The molecule has 170 valence electrons. The van der Waals surface area contributed by atoms with Gasteiger partial charge in [-0.1, -0.05) is 11.6 Å². The van der Waals surface area contributed by atoms with Crippen molar-refractivity contribution in [2.75, 3.05) is 36.1 Å². The van der Waals surface area contributed by atoms with Crippen LogP contribution >= 0.6 is 22.9 Å². The Morgan fingerprint density at radius 2 is 1.97 bits per heavy atom. The molecule has 0 radical (unpaired) electrons. The summed E-state index contributed by atoms with van der Waals surface area (Å²) in [7, 11) is 0. The highest BCUT2D eigenvalue weighted by molar-refractivity contribution is 7.20. The summed E-state index contributed by atoms with van der Waals surface area (Å²) in [5.74, 6) is -0.303. The van der Waals surface area contributed by atoms with Crippen LogP contribution in [0.2, 0.25) is 5.02 Å². The van der Waals surface area contributed by atoms with Crippen molar-refractivity contribution < 1.29 is 19.1 Å². The van der Waals surface area contributed by atoms with Crippen LogP contribution in [0.1, 0.15) is 21.7 Å². The smallest absolute Gasteiger partial charge is 0.261 e. The van der Waals surface area contributed by atoms with Crippen LogP contribution in [0.15, 0.2) is 42.5 Å². The van der Waals surface area contributed by atoms with Gasteiger partial charge >= 0.3 is 0 Å². The maximum atomic E-state index is 12.8. The third-order valence-corrected chi connectivity index (χ3v) is 7.28. The van der Waals surface area contributed by atoms with E-state index in [1.54, 1.807) is 15.9 Å². The van der Waals surface area contributed by atoms with E-state index in [0.717, 1.165) is 27.0 Å². The van der Waals surface area contributed by atoms with Crippen molar-refractivity contribution in [1.29, 1.82) is 0 Å². The maximum absolute atomic E-state index is 12.8. The summed E-state index contributed by atoms with van der Waals surface area (Å²) in [5, 5.41) is 4.55. The number of nitrogens with one attached hydrogen (secondary N) is 1. The second-order valence-electron chi connectivity index (χ2n) is 8.24. The second kappa shape index (κ2) is 8.78. The van der Waals surface area contributed by atoms with Crippen LogP contribution in [0.3, 0.4) is 0 Å². The van der Waals surface area contributed by atoms with Gasteiger partial charge < -0.3 is 19.9 Å². The van der Waals surface area contributed by atoms with Crippen LogP contribution in [0, 0.1) is 6.92 Å². The summed E-state index contributed by atoms with van der Waals surface area (Å²) in [6, 6.07) is 12.7. The molecule has 33 heavy (non-hydrogen) atoms. The predicted octanol–water partition coefficient (Wildman–Crippen LogP) is 3.76. The van der Waals surface area contributed by atoms with Gasteiger partial charge in [-0.05, 0) is 60.3 Å². The molecule has 0 saturated carbocycles. The van der Waals surface area contributed by atoms with Crippen LogP contribution < -0.4 is 15.1 Å². The standard InChI is InChI=1S/C24H22ClN3O4S/c1-14-8-18(3-4-19(14)27-6-7-32-13-23(27)30)28-12-17(11-22(28)29)26-24(31)21-10-15-9-16(25)2-5-20(15)33-21/h2-5,8-10,17H,6-7,11-13H2,1H3,(H,26,31)/t17-/m1/s1. The number of morpholine rings is 1. The summed E-state index contributed by atoms with van der Waals surface area (Å²) in [4.78, 5) is 41.7. The molecule has 5 rings (SSSR count). The van der Waals surface area contributed by atoms with Crippen LogP contribution in [0.5, 0.6) is 0 Å². The van der Waals surface area contributed by atoms with Gasteiger partial charge in [-0.3, -0.25) is 14.4 Å². The Balaban J connectivity index is 1.28. The van der Waals surface area contributed by atoms with Gasteiger partial charge in [0.25, 0.3) is 11.8 Å². The molecular formula is C24H22ClN3O4S. The van der Waals surface area contributed by atoms with Gasteiger partial charge in [0, 0.05) is 40.6 Å². The third kappa shape index (κ3) is 4.34. The lowest BCUT2D eigenvalue weighted by atomic mass is 10.1. The highest BCUT2D eigenvalue weighted by atomic mass is 35.5. The van der Waals surface area contributed by atoms with E-state index in [1.807, 2.05) is 43.3 Å². The number of rotatable bonds is 4. The quantitative estimate of drug-likeness (QED) is 0.612. The molecule has 0 spiro atoms. The molecule has 1 aromatic heterocycles. The first-order valence-corrected chi connectivity index (χ1v) is 11.9. The van der Waals surface area contributed by atoms with E-state index >= 15 is 0 Å². The number of thiophene rings is 1. The Hall–Kier alpha value is -2.94. The largest absolute Gasteiger partial charge is 0.370 e.